The maximum atomic E-state index is 12.9. The van der Waals surface area contributed by atoms with Crippen molar-refractivity contribution in [1.29, 1.82) is 0 Å². The number of hydrogen-bond acceptors (Lipinski definition) is 2. The lowest BCUT2D eigenvalue weighted by Crippen LogP contribution is -2.12. The summed E-state index contributed by atoms with van der Waals surface area (Å²) in [6.45, 7) is 1.24. The van der Waals surface area contributed by atoms with Crippen LogP contribution >= 0.6 is 27.3 Å². The molecule has 1 N–H and O–H groups in total. The standard InChI is InChI=1S/C12H10BrF2NS/c13-9-4-10(17-7-9)6-16-5-8-1-2-11(14)12(15)3-8/h1-4,7,16H,5-6H2. The molecule has 1 nitrogen and oxygen atoms in total. The minimum absolute atomic E-state index is 0.521. The van der Waals surface area contributed by atoms with Gasteiger partial charge in [0.1, 0.15) is 0 Å². The van der Waals surface area contributed by atoms with Crippen LogP contribution in [0.15, 0.2) is 34.1 Å². The number of benzene rings is 1. The summed E-state index contributed by atoms with van der Waals surface area (Å²) >= 11 is 5.02. The van der Waals surface area contributed by atoms with Crippen molar-refractivity contribution in [2.24, 2.45) is 0 Å². The maximum absolute atomic E-state index is 12.9. The van der Waals surface area contributed by atoms with Crippen molar-refractivity contribution in [3.8, 4) is 0 Å². The zero-order valence-corrected chi connectivity index (χ0v) is 11.2. The third kappa shape index (κ3) is 3.59. The predicted octanol–water partition coefficient (Wildman–Crippen LogP) is 4.08. The van der Waals surface area contributed by atoms with E-state index in [-0.39, 0.29) is 0 Å². The summed E-state index contributed by atoms with van der Waals surface area (Å²) < 4.78 is 26.7. The first kappa shape index (κ1) is 12.7. The zero-order valence-electron chi connectivity index (χ0n) is 8.84. The largest absolute Gasteiger partial charge is 0.308 e. The van der Waals surface area contributed by atoms with Gasteiger partial charge in [-0.2, -0.15) is 0 Å². The van der Waals surface area contributed by atoms with Gasteiger partial charge in [-0.25, -0.2) is 8.78 Å². The molecular weight excluding hydrogens is 308 g/mol. The number of nitrogens with one attached hydrogen (secondary N) is 1. The van der Waals surface area contributed by atoms with E-state index in [9.17, 15) is 8.78 Å². The average molecular weight is 318 g/mol. The van der Waals surface area contributed by atoms with E-state index >= 15 is 0 Å². The van der Waals surface area contributed by atoms with Crippen molar-refractivity contribution in [2.75, 3.05) is 0 Å². The van der Waals surface area contributed by atoms with Crippen molar-refractivity contribution < 1.29 is 8.78 Å². The first-order valence-electron chi connectivity index (χ1n) is 5.03. The van der Waals surface area contributed by atoms with Crippen molar-refractivity contribution in [1.82, 2.24) is 5.32 Å². The van der Waals surface area contributed by atoms with E-state index in [1.807, 2.05) is 11.4 Å². The molecule has 1 aromatic heterocycles. The molecule has 0 amide bonds. The van der Waals surface area contributed by atoms with Gasteiger partial charge in [-0.3, -0.25) is 0 Å². The van der Waals surface area contributed by atoms with Gasteiger partial charge in [-0.05, 0) is 39.7 Å². The number of thiophene rings is 1. The van der Waals surface area contributed by atoms with Gasteiger partial charge in [0.15, 0.2) is 11.6 Å². The molecule has 0 saturated heterocycles. The molecule has 0 spiro atoms. The van der Waals surface area contributed by atoms with E-state index in [1.165, 1.54) is 10.9 Å². The number of rotatable bonds is 4. The average Bonchev–Trinajstić information content (AvgIpc) is 2.70. The van der Waals surface area contributed by atoms with Crippen LogP contribution < -0.4 is 5.32 Å². The highest BCUT2D eigenvalue weighted by Crippen LogP contribution is 2.19. The molecule has 1 aromatic carbocycles. The molecule has 0 radical (unpaired) electrons. The van der Waals surface area contributed by atoms with Gasteiger partial charge in [0.05, 0.1) is 0 Å². The fourth-order valence-corrected chi connectivity index (χ4v) is 2.85. The van der Waals surface area contributed by atoms with Crippen LogP contribution in [-0.2, 0) is 13.1 Å². The van der Waals surface area contributed by atoms with Gasteiger partial charge in [-0.1, -0.05) is 6.07 Å². The fourth-order valence-electron chi connectivity index (χ4n) is 1.43. The second kappa shape index (κ2) is 5.71. The van der Waals surface area contributed by atoms with Gasteiger partial charge in [0.25, 0.3) is 0 Å². The third-order valence-corrected chi connectivity index (χ3v) is 3.93. The Hall–Kier alpha value is -0.780. The molecule has 0 aliphatic rings. The van der Waals surface area contributed by atoms with Crippen LogP contribution in [0.1, 0.15) is 10.4 Å². The minimum atomic E-state index is -0.809. The summed E-state index contributed by atoms with van der Waals surface area (Å²) in [4.78, 5) is 1.19. The molecule has 0 saturated carbocycles. The molecule has 0 aliphatic carbocycles. The predicted molar refractivity (Wildman–Crippen MR) is 68.9 cm³/mol. The molecule has 90 valence electrons. The topological polar surface area (TPSA) is 12.0 Å². The third-order valence-electron chi connectivity index (χ3n) is 2.23. The zero-order chi connectivity index (χ0) is 12.3. The van der Waals surface area contributed by atoms with Crippen molar-refractivity contribution in [3.05, 3.63) is 56.2 Å². The van der Waals surface area contributed by atoms with Crippen LogP contribution in [0.3, 0.4) is 0 Å². The van der Waals surface area contributed by atoms with Gasteiger partial charge < -0.3 is 5.32 Å². The Morgan fingerprint density at radius 2 is 1.94 bits per heavy atom. The Morgan fingerprint density at radius 3 is 2.59 bits per heavy atom. The van der Waals surface area contributed by atoms with E-state index in [2.05, 4.69) is 21.2 Å². The highest BCUT2D eigenvalue weighted by molar-refractivity contribution is 9.10. The Labute approximate surface area is 111 Å². The minimum Gasteiger partial charge on any atom is -0.308 e. The SMILES string of the molecule is Fc1ccc(CNCc2cc(Br)cs2)cc1F. The summed E-state index contributed by atoms with van der Waals surface area (Å²) in [5.41, 5.74) is 0.736. The Morgan fingerprint density at radius 1 is 1.12 bits per heavy atom. The van der Waals surface area contributed by atoms with E-state index in [4.69, 9.17) is 0 Å². The van der Waals surface area contributed by atoms with Crippen LogP contribution in [0.4, 0.5) is 8.78 Å². The van der Waals surface area contributed by atoms with E-state index in [0.29, 0.717) is 6.54 Å². The summed E-state index contributed by atoms with van der Waals surface area (Å²) in [6, 6.07) is 5.97. The molecule has 2 rings (SSSR count). The summed E-state index contributed by atoms with van der Waals surface area (Å²) in [6.07, 6.45) is 0. The monoisotopic (exact) mass is 317 g/mol. The quantitative estimate of drug-likeness (QED) is 0.896. The first-order valence-corrected chi connectivity index (χ1v) is 6.70. The van der Waals surface area contributed by atoms with Crippen LogP contribution in [0.5, 0.6) is 0 Å². The summed E-state index contributed by atoms with van der Waals surface area (Å²) in [5, 5.41) is 5.19. The molecule has 17 heavy (non-hydrogen) atoms. The van der Waals surface area contributed by atoms with Crippen LogP contribution in [0, 0.1) is 11.6 Å². The molecule has 1 heterocycles. The van der Waals surface area contributed by atoms with Gasteiger partial charge in [0.2, 0.25) is 0 Å². The molecule has 0 bridgehead atoms. The van der Waals surface area contributed by atoms with E-state index < -0.39 is 11.6 Å². The normalized spacial score (nSPS) is 10.8. The highest BCUT2D eigenvalue weighted by Gasteiger charge is 2.02. The highest BCUT2D eigenvalue weighted by atomic mass is 79.9. The molecular formula is C12H10BrF2NS. The van der Waals surface area contributed by atoms with E-state index in [1.54, 1.807) is 17.4 Å². The van der Waals surface area contributed by atoms with Gasteiger partial charge in [0, 0.05) is 27.8 Å². The maximum Gasteiger partial charge on any atom is 0.159 e. The van der Waals surface area contributed by atoms with Gasteiger partial charge >= 0.3 is 0 Å². The first-order chi connectivity index (χ1) is 8.15. The molecule has 0 atom stereocenters. The lowest BCUT2D eigenvalue weighted by Gasteiger charge is -2.03. The van der Waals surface area contributed by atoms with Gasteiger partial charge in [-0.15, -0.1) is 11.3 Å². The lowest BCUT2D eigenvalue weighted by atomic mass is 10.2. The second-order valence-electron chi connectivity index (χ2n) is 3.58. The summed E-state index contributed by atoms with van der Waals surface area (Å²) in [7, 11) is 0. The van der Waals surface area contributed by atoms with Crippen LogP contribution in [0.25, 0.3) is 0 Å². The molecule has 2 aromatic rings. The lowest BCUT2D eigenvalue weighted by molar-refractivity contribution is 0.506. The van der Waals surface area contributed by atoms with Crippen molar-refractivity contribution in [3.63, 3.8) is 0 Å². The molecule has 5 heteroatoms. The smallest absolute Gasteiger partial charge is 0.159 e. The Balaban J connectivity index is 1.87. The van der Waals surface area contributed by atoms with E-state index in [0.717, 1.165) is 22.6 Å². The second-order valence-corrected chi connectivity index (χ2v) is 5.49. The summed E-state index contributed by atoms with van der Waals surface area (Å²) in [5.74, 6) is -1.61. The molecule has 0 aliphatic heterocycles. The number of halogens is 3. The molecule has 0 fully saturated rings. The van der Waals surface area contributed by atoms with Crippen molar-refractivity contribution >= 4 is 27.3 Å². The van der Waals surface area contributed by atoms with Crippen molar-refractivity contribution in [2.45, 2.75) is 13.1 Å². The Bertz CT molecular complexity index is 513. The Kier molecular flexibility index (Phi) is 4.25. The van der Waals surface area contributed by atoms with Crippen LogP contribution in [-0.4, -0.2) is 0 Å². The molecule has 0 unspecified atom stereocenters. The van der Waals surface area contributed by atoms with Crippen LogP contribution in [0.2, 0.25) is 0 Å². The fraction of sp³-hybridized carbons (Fsp3) is 0.167. The number of hydrogen-bond donors (Lipinski definition) is 1.